The summed E-state index contributed by atoms with van der Waals surface area (Å²) in [6.45, 7) is 3.17. The van der Waals surface area contributed by atoms with E-state index in [4.69, 9.17) is 0 Å². The van der Waals surface area contributed by atoms with Crippen molar-refractivity contribution < 1.29 is 0 Å². The maximum Gasteiger partial charge on any atom is 0.190 e. The molecule has 2 N–H and O–H groups in total. The molecule has 1 rings (SSSR count). The smallest absolute Gasteiger partial charge is 0.190 e. The zero-order valence-corrected chi connectivity index (χ0v) is 12.9. The third-order valence-corrected chi connectivity index (χ3v) is 3.50. The number of hydrogen-bond donors (Lipinski definition) is 2. The van der Waals surface area contributed by atoms with E-state index in [1.54, 1.807) is 7.05 Å². The van der Waals surface area contributed by atoms with E-state index in [0.29, 0.717) is 5.92 Å². The molecule has 4 heteroatoms. The van der Waals surface area contributed by atoms with Crippen molar-refractivity contribution in [2.75, 3.05) is 20.6 Å². The molecule has 0 fully saturated rings. The Bertz CT molecular complexity index is 390. The highest BCUT2D eigenvalue weighted by atomic mass is 79.9. The van der Waals surface area contributed by atoms with Crippen LogP contribution in [0.25, 0.3) is 0 Å². The molecule has 1 atom stereocenters. The van der Waals surface area contributed by atoms with E-state index >= 15 is 0 Å². The summed E-state index contributed by atoms with van der Waals surface area (Å²) >= 11 is 3.51. The summed E-state index contributed by atoms with van der Waals surface area (Å²) in [7, 11) is 3.67. The minimum absolute atomic E-state index is 0.615. The average Bonchev–Trinajstić information content (AvgIpc) is 2.38. The molecular formula is C14H22BrN3. The second-order valence-electron chi connectivity index (χ2n) is 4.31. The van der Waals surface area contributed by atoms with Crippen LogP contribution in [-0.2, 0) is 6.42 Å². The molecule has 1 unspecified atom stereocenters. The summed E-state index contributed by atoms with van der Waals surface area (Å²) < 4.78 is 1.15. The van der Waals surface area contributed by atoms with E-state index in [1.165, 1.54) is 5.56 Å². The largest absolute Gasteiger partial charge is 0.359 e. The molecule has 0 aliphatic rings. The van der Waals surface area contributed by atoms with E-state index in [-0.39, 0.29) is 0 Å². The minimum Gasteiger partial charge on any atom is -0.359 e. The molecule has 0 aliphatic carbocycles. The van der Waals surface area contributed by atoms with Crippen molar-refractivity contribution in [3.05, 3.63) is 34.3 Å². The van der Waals surface area contributed by atoms with Crippen LogP contribution in [0.15, 0.2) is 33.7 Å². The van der Waals surface area contributed by atoms with E-state index in [1.807, 2.05) is 7.05 Å². The molecule has 1 aromatic carbocycles. The normalized spacial score (nSPS) is 13.2. The lowest BCUT2D eigenvalue weighted by Gasteiger charge is -2.17. The first-order valence-electron chi connectivity index (χ1n) is 6.32. The number of hydrogen-bond acceptors (Lipinski definition) is 1. The Hall–Kier alpha value is -1.03. The lowest BCUT2D eigenvalue weighted by Crippen LogP contribution is -2.38. The number of aliphatic imine (C=N–C) groups is 1. The third-order valence-electron chi connectivity index (χ3n) is 3.01. The Kier molecular flexibility index (Phi) is 6.80. The van der Waals surface area contributed by atoms with Gasteiger partial charge in [0.15, 0.2) is 5.96 Å². The van der Waals surface area contributed by atoms with Gasteiger partial charge in [0.05, 0.1) is 0 Å². The predicted octanol–water partition coefficient (Wildman–Crippen LogP) is 2.81. The van der Waals surface area contributed by atoms with Crippen LogP contribution in [0.2, 0.25) is 0 Å². The van der Waals surface area contributed by atoms with Crippen LogP contribution in [0, 0.1) is 5.92 Å². The molecule has 0 heterocycles. The lowest BCUT2D eigenvalue weighted by molar-refractivity contribution is 0.494. The minimum atomic E-state index is 0.615. The van der Waals surface area contributed by atoms with Gasteiger partial charge in [0, 0.05) is 25.1 Å². The third kappa shape index (κ3) is 5.08. The maximum absolute atomic E-state index is 4.12. The first kappa shape index (κ1) is 15.0. The SMILES string of the molecule is CCC(CNC(=NC)NC)Cc1cccc(Br)c1. The van der Waals surface area contributed by atoms with Crippen LogP contribution in [0.1, 0.15) is 18.9 Å². The van der Waals surface area contributed by atoms with Gasteiger partial charge in [-0.25, -0.2) is 0 Å². The standard InChI is InChI=1S/C14H22BrN3/c1-4-11(10-18-14(16-2)17-3)8-12-6-5-7-13(15)9-12/h5-7,9,11H,4,8,10H2,1-3H3,(H2,16,17,18). The fourth-order valence-corrected chi connectivity index (χ4v) is 2.33. The van der Waals surface area contributed by atoms with Crippen molar-refractivity contribution in [1.29, 1.82) is 0 Å². The number of guanidine groups is 1. The molecule has 0 bridgehead atoms. The molecule has 0 amide bonds. The van der Waals surface area contributed by atoms with Crippen LogP contribution >= 0.6 is 15.9 Å². The zero-order chi connectivity index (χ0) is 13.4. The van der Waals surface area contributed by atoms with Crippen molar-refractivity contribution in [1.82, 2.24) is 10.6 Å². The average molecular weight is 312 g/mol. The fourth-order valence-electron chi connectivity index (χ4n) is 1.88. The van der Waals surface area contributed by atoms with Crippen LogP contribution in [-0.4, -0.2) is 26.6 Å². The van der Waals surface area contributed by atoms with Crippen molar-refractivity contribution in [3.63, 3.8) is 0 Å². The van der Waals surface area contributed by atoms with Gasteiger partial charge in [0.2, 0.25) is 0 Å². The Morgan fingerprint density at radius 1 is 1.44 bits per heavy atom. The van der Waals surface area contributed by atoms with E-state index < -0.39 is 0 Å². The van der Waals surface area contributed by atoms with Crippen molar-refractivity contribution in [2.45, 2.75) is 19.8 Å². The summed E-state index contributed by atoms with van der Waals surface area (Å²) in [5.74, 6) is 1.46. The summed E-state index contributed by atoms with van der Waals surface area (Å²) in [5, 5.41) is 6.37. The van der Waals surface area contributed by atoms with Gasteiger partial charge >= 0.3 is 0 Å². The number of benzene rings is 1. The number of halogens is 1. The molecular weight excluding hydrogens is 290 g/mol. The molecule has 0 spiro atoms. The monoisotopic (exact) mass is 311 g/mol. The van der Waals surface area contributed by atoms with Gasteiger partial charge in [-0.05, 0) is 30.0 Å². The van der Waals surface area contributed by atoms with E-state index in [9.17, 15) is 0 Å². The van der Waals surface area contributed by atoms with Gasteiger partial charge in [-0.15, -0.1) is 0 Å². The number of rotatable bonds is 5. The van der Waals surface area contributed by atoms with Crippen molar-refractivity contribution in [3.8, 4) is 0 Å². The first-order valence-corrected chi connectivity index (χ1v) is 7.11. The summed E-state index contributed by atoms with van der Waals surface area (Å²) in [6.07, 6.45) is 2.24. The molecule has 0 saturated carbocycles. The number of nitrogens with zero attached hydrogens (tertiary/aromatic N) is 1. The molecule has 1 aromatic rings. The molecule has 0 radical (unpaired) electrons. The summed E-state index contributed by atoms with van der Waals surface area (Å²) in [4.78, 5) is 4.12. The Morgan fingerprint density at radius 2 is 2.22 bits per heavy atom. The highest BCUT2D eigenvalue weighted by Gasteiger charge is 2.08. The second-order valence-corrected chi connectivity index (χ2v) is 5.23. The highest BCUT2D eigenvalue weighted by molar-refractivity contribution is 9.10. The molecule has 18 heavy (non-hydrogen) atoms. The van der Waals surface area contributed by atoms with Gasteiger partial charge in [-0.3, -0.25) is 4.99 Å². The van der Waals surface area contributed by atoms with Gasteiger partial charge < -0.3 is 10.6 Å². The Morgan fingerprint density at radius 3 is 2.78 bits per heavy atom. The quantitative estimate of drug-likeness (QED) is 0.648. The van der Waals surface area contributed by atoms with Gasteiger partial charge in [0.1, 0.15) is 0 Å². The lowest BCUT2D eigenvalue weighted by atomic mass is 9.97. The van der Waals surface area contributed by atoms with Gasteiger partial charge in [-0.2, -0.15) is 0 Å². The molecule has 0 aliphatic heterocycles. The summed E-state index contributed by atoms with van der Waals surface area (Å²) in [5.41, 5.74) is 1.37. The predicted molar refractivity (Wildman–Crippen MR) is 82.0 cm³/mol. The molecule has 0 aromatic heterocycles. The Balaban J connectivity index is 2.52. The van der Waals surface area contributed by atoms with Crippen LogP contribution in [0.5, 0.6) is 0 Å². The number of nitrogens with one attached hydrogen (secondary N) is 2. The molecule has 0 saturated heterocycles. The molecule has 100 valence electrons. The van der Waals surface area contributed by atoms with Gasteiger partial charge in [-0.1, -0.05) is 41.4 Å². The van der Waals surface area contributed by atoms with Crippen LogP contribution in [0.4, 0.5) is 0 Å². The second kappa shape index (κ2) is 8.14. The van der Waals surface area contributed by atoms with Crippen LogP contribution in [0.3, 0.4) is 0 Å². The zero-order valence-electron chi connectivity index (χ0n) is 11.3. The first-order chi connectivity index (χ1) is 8.69. The van der Waals surface area contributed by atoms with Crippen molar-refractivity contribution in [2.24, 2.45) is 10.9 Å². The highest BCUT2D eigenvalue weighted by Crippen LogP contribution is 2.16. The van der Waals surface area contributed by atoms with E-state index in [0.717, 1.165) is 29.8 Å². The van der Waals surface area contributed by atoms with E-state index in [2.05, 4.69) is 62.7 Å². The Labute approximate surface area is 118 Å². The maximum atomic E-state index is 4.12. The molecule has 3 nitrogen and oxygen atoms in total. The fraction of sp³-hybridized carbons (Fsp3) is 0.500. The summed E-state index contributed by atoms with van der Waals surface area (Å²) in [6, 6.07) is 8.52. The van der Waals surface area contributed by atoms with Crippen molar-refractivity contribution >= 4 is 21.9 Å². The topological polar surface area (TPSA) is 36.4 Å². The van der Waals surface area contributed by atoms with Crippen LogP contribution < -0.4 is 10.6 Å². The van der Waals surface area contributed by atoms with Gasteiger partial charge in [0.25, 0.3) is 0 Å².